The average molecular weight is 369 g/mol. The molecule has 1 unspecified atom stereocenters. The lowest BCUT2D eigenvalue weighted by atomic mass is 10.0. The number of ether oxygens (including phenoxy) is 2. The Hall–Kier alpha value is -1.48. The number of hydrogen-bond donors (Lipinski definition) is 4. The first kappa shape index (κ1) is 18.3. The maximum atomic E-state index is 9.91. The molecule has 5 atom stereocenters. The molecule has 2 heterocycles. The van der Waals surface area contributed by atoms with E-state index in [2.05, 4.69) is 10.3 Å². The molecule has 1 aliphatic rings. The van der Waals surface area contributed by atoms with Crippen LogP contribution in [0.5, 0.6) is 0 Å². The number of nitrogens with one attached hydrogen (secondary N) is 1. The average Bonchev–Trinajstić information content (AvgIpc) is 2.60. The Morgan fingerprint density at radius 3 is 2.80 bits per heavy atom. The van der Waals surface area contributed by atoms with Crippen LogP contribution < -0.4 is 5.32 Å². The molecule has 1 aromatic heterocycles. The molecular formula is C17H21ClN2O5. The number of aromatic nitrogens is 1. The van der Waals surface area contributed by atoms with E-state index in [0.29, 0.717) is 11.6 Å². The first-order chi connectivity index (χ1) is 12.0. The highest BCUT2D eigenvalue weighted by Crippen LogP contribution is 2.24. The van der Waals surface area contributed by atoms with Crippen LogP contribution in [0.4, 0.5) is 5.69 Å². The van der Waals surface area contributed by atoms with Gasteiger partial charge in [0, 0.05) is 28.8 Å². The molecule has 0 bridgehead atoms. The van der Waals surface area contributed by atoms with Crippen molar-refractivity contribution < 1.29 is 24.8 Å². The van der Waals surface area contributed by atoms with Gasteiger partial charge in [-0.25, -0.2) is 0 Å². The van der Waals surface area contributed by atoms with Crippen LogP contribution in [0.25, 0.3) is 10.9 Å². The molecule has 0 radical (unpaired) electrons. The van der Waals surface area contributed by atoms with Crippen molar-refractivity contribution in [2.75, 3.05) is 18.5 Å². The number of fused-ring (bicyclic) bond motifs is 1. The molecule has 1 saturated heterocycles. The van der Waals surface area contributed by atoms with Crippen molar-refractivity contribution in [2.24, 2.45) is 0 Å². The van der Waals surface area contributed by atoms with Crippen LogP contribution >= 0.6 is 11.6 Å². The first-order valence-electron chi connectivity index (χ1n) is 8.07. The SMILES string of the molecule is C[C@@H]1OC(OCCNc2ccnc3cc(Cl)ccc23)[C@@H](O)[C@H](O)[C@@H]1O. The lowest BCUT2D eigenvalue weighted by molar-refractivity contribution is -0.292. The number of nitrogens with zero attached hydrogens (tertiary/aromatic N) is 1. The third-order valence-corrected chi connectivity index (χ3v) is 4.45. The van der Waals surface area contributed by atoms with Gasteiger partial charge < -0.3 is 30.1 Å². The van der Waals surface area contributed by atoms with E-state index in [1.807, 2.05) is 12.1 Å². The number of hydrogen-bond acceptors (Lipinski definition) is 7. The van der Waals surface area contributed by atoms with Crippen molar-refractivity contribution >= 4 is 28.2 Å². The zero-order chi connectivity index (χ0) is 18.0. The van der Waals surface area contributed by atoms with Gasteiger partial charge >= 0.3 is 0 Å². The predicted octanol–water partition coefficient (Wildman–Crippen LogP) is 1.14. The topological polar surface area (TPSA) is 104 Å². The number of rotatable bonds is 5. The van der Waals surface area contributed by atoms with Gasteiger partial charge in [0.05, 0.1) is 18.2 Å². The second kappa shape index (κ2) is 7.82. The van der Waals surface area contributed by atoms with E-state index in [1.165, 1.54) is 0 Å². The van der Waals surface area contributed by atoms with Gasteiger partial charge in [0.15, 0.2) is 6.29 Å². The molecule has 0 amide bonds. The third-order valence-electron chi connectivity index (χ3n) is 4.21. The minimum absolute atomic E-state index is 0.245. The minimum atomic E-state index is -1.30. The second-order valence-electron chi connectivity index (χ2n) is 6.00. The van der Waals surface area contributed by atoms with Crippen molar-refractivity contribution in [1.29, 1.82) is 0 Å². The third kappa shape index (κ3) is 4.03. The van der Waals surface area contributed by atoms with Crippen molar-refractivity contribution in [3.05, 3.63) is 35.5 Å². The van der Waals surface area contributed by atoms with E-state index in [9.17, 15) is 15.3 Å². The molecule has 7 nitrogen and oxygen atoms in total. The van der Waals surface area contributed by atoms with Gasteiger partial charge in [0.25, 0.3) is 0 Å². The van der Waals surface area contributed by atoms with E-state index in [4.69, 9.17) is 21.1 Å². The Morgan fingerprint density at radius 2 is 2.00 bits per heavy atom. The van der Waals surface area contributed by atoms with Crippen LogP contribution in [-0.2, 0) is 9.47 Å². The molecule has 3 rings (SSSR count). The smallest absolute Gasteiger partial charge is 0.186 e. The summed E-state index contributed by atoms with van der Waals surface area (Å²) in [4.78, 5) is 4.28. The quantitative estimate of drug-likeness (QED) is 0.587. The fourth-order valence-electron chi connectivity index (χ4n) is 2.79. The summed E-state index contributed by atoms with van der Waals surface area (Å²) in [5.74, 6) is 0. The van der Waals surface area contributed by atoms with Crippen molar-refractivity contribution in [3.63, 3.8) is 0 Å². The highest BCUT2D eigenvalue weighted by Gasteiger charge is 2.42. The van der Waals surface area contributed by atoms with Crippen molar-refractivity contribution in [3.8, 4) is 0 Å². The number of benzene rings is 1. The number of pyridine rings is 1. The summed E-state index contributed by atoms with van der Waals surface area (Å²) < 4.78 is 10.9. The first-order valence-corrected chi connectivity index (χ1v) is 8.44. The van der Waals surface area contributed by atoms with E-state index in [0.717, 1.165) is 16.6 Å². The monoisotopic (exact) mass is 368 g/mol. The summed E-state index contributed by atoms with van der Waals surface area (Å²) in [6.07, 6.45) is -3.64. The Balaban J connectivity index is 1.55. The van der Waals surface area contributed by atoms with Crippen LogP contribution in [0.1, 0.15) is 6.92 Å². The van der Waals surface area contributed by atoms with E-state index in [-0.39, 0.29) is 6.61 Å². The van der Waals surface area contributed by atoms with Gasteiger partial charge in [0.2, 0.25) is 0 Å². The van der Waals surface area contributed by atoms with E-state index >= 15 is 0 Å². The molecule has 0 saturated carbocycles. The fourth-order valence-corrected chi connectivity index (χ4v) is 2.95. The van der Waals surface area contributed by atoms with Crippen molar-refractivity contribution in [1.82, 2.24) is 4.98 Å². The summed E-state index contributed by atoms with van der Waals surface area (Å²) in [6.45, 7) is 2.32. The maximum absolute atomic E-state index is 9.91. The zero-order valence-corrected chi connectivity index (χ0v) is 14.4. The molecule has 25 heavy (non-hydrogen) atoms. The number of aliphatic hydroxyl groups excluding tert-OH is 3. The lowest BCUT2D eigenvalue weighted by Gasteiger charge is -2.38. The van der Waals surface area contributed by atoms with E-state index < -0.39 is 30.7 Å². The summed E-state index contributed by atoms with van der Waals surface area (Å²) in [7, 11) is 0. The fraction of sp³-hybridized carbons (Fsp3) is 0.471. The molecule has 4 N–H and O–H groups in total. The van der Waals surface area contributed by atoms with Crippen molar-refractivity contribution in [2.45, 2.75) is 37.6 Å². The minimum Gasteiger partial charge on any atom is -0.388 e. The summed E-state index contributed by atoms with van der Waals surface area (Å²) in [5.41, 5.74) is 1.68. The summed E-state index contributed by atoms with van der Waals surface area (Å²) in [6, 6.07) is 7.33. The highest BCUT2D eigenvalue weighted by molar-refractivity contribution is 6.31. The molecule has 136 valence electrons. The molecule has 1 aromatic carbocycles. The summed E-state index contributed by atoms with van der Waals surface area (Å²) in [5, 5.41) is 34.1. The van der Waals surface area contributed by atoms with Gasteiger partial charge in [-0.3, -0.25) is 4.98 Å². The lowest BCUT2D eigenvalue weighted by Crippen LogP contribution is -2.57. The Kier molecular flexibility index (Phi) is 5.73. The van der Waals surface area contributed by atoms with Gasteiger partial charge in [-0.05, 0) is 31.2 Å². The van der Waals surface area contributed by atoms with Gasteiger partial charge in [0.1, 0.15) is 18.3 Å². The number of halogens is 1. The standard InChI is InChI=1S/C17H21ClN2O5/c1-9-14(21)15(22)16(23)17(25-9)24-7-6-20-12-4-5-19-13-8-10(18)2-3-11(12)13/h2-5,8-9,14-17,21-23H,6-7H2,1H3,(H,19,20)/t9-,14+,15+,16-,17?/m0/s1. The Labute approximate surface area is 150 Å². The largest absolute Gasteiger partial charge is 0.388 e. The molecule has 0 spiro atoms. The number of anilines is 1. The molecule has 1 fully saturated rings. The number of aliphatic hydroxyl groups is 3. The zero-order valence-electron chi connectivity index (χ0n) is 13.7. The molecular weight excluding hydrogens is 348 g/mol. The highest BCUT2D eigenvalue weighted by atomic mass is 35.5. The van der Waals surface area contributed by atoms with Crippen LogP contribution in [-0.4, -0.2) is 64.2 Å². The van der Waals surface area contributed by atoms with Crippen LogP contribution in [0.2, 0.25) is 5.02 Å². The van der Waals surface area contributed by atoms with Crippen LogP contribution in [0, 0.1) is 0 Å². The van der Waals surface area contributed by atoms with Gasteiger partial charge in [-0.15, -0.1) is 0 Å². The summed E-state index contributed by atoms with van der Waals surface area (Å²) >= 11 is 5.98. The molecule has 2 aromatic rings. The maximum Gasteiger partial charge on any atom is 0.186 e. The molecule has 0 aliphatic carbocycles. The van der Waals surface area contributed by atoms with Gasteiger partial charge in [-0.2, -0.15) is 0 Å². The Bertz CT molecular complexity index is 731. The molecule has 8 heteroatoms. The molecule has 1 aliphatic heterocycles. The van der Waals surface area contributed by atoms with Crippen LogP contribution in [0.3, 0.4) is 0 Å². The van der Waals surface area contributed by atoms with E-state index in [1.54, 1.807) is 25.3 Å². The van der Waals surface area contributed by atoms with Crippen LogP contribution in [0.15, 0.2) is 30.5 Å². The van der Waals surface area contributed by atoms with Gasteiger partial charge in [-0.1, -0.05) is 11.6 Å². The normalized spacial score (nSPS) is 29.7. The predicted molar refractivity (Wildman–Crippen MR) is 93.6 cm³/mol. The second-order valence-corrected chi connectivity index (χ2v) is 6.44. The Morgan fingerprint density at radius 1 is 1.20 bits per heavy atom.